The van der Waals surface area contributed by atoms with Gasteiger partial charge in [-0.15, -0.1) is 0 Å². The van der Waals surface area contributed by atoms with E-state index in [2.05, 4.69) is 39.4 Å². The maximum atomic E-state index is 12.6. The molecule has 2 aromatic carbocycles. The molecule has 0 aliphatic carbocycles. The molecule has 0 aromatic heterocycles. The van der Waals surface area contributed by atoms with Crippen LogP contribution in [-0.4, -0.2) is 62.9 Å². The number of nitrogens with one attached hydrogen (secondary N) is 1. The first-order valence-electron chi connectivity index (χ1n) is 10.7. The number of hydrogen-bond donors (Lipinski definition) is 2. The molecule has 168 valence electrons. The zero-order chi connectivity index (χ0) is 22.3. The Hall–Kier alpha value is -2.26. The lowest BCUT2D eigenvalue weighted by Crippen LogP contribution is -2.46. The minimum absolute atomic E-state index is 0.0256. The molecule has 3 N–H and O–H groups in total. The largest absolute Gasteiger partial charge is 0.354 e. The van der Waals surface area contributed by atoms with E-state index in [1.807, 2.05) is 13.0 Å². The Kier molecular flexibility index (Phi) is 8.20. The van der Waals surface area contributed by atoms with Crippen LogP contribution in [0.2, 0.25) is 0 Å². The summed E-state index contributed by atoms with van der Waals surface area (Å²) in [4.78, 5) is 17.4. The zero-order valence-corrected chi connectivity index (χ0v) is 18.9. The molecule has 0 saturated carbocycles. The molecule has 31 heavy (non-hydrogen) atoms. The fourth-order valence-electron chi connectivity index (χ4n) is 3.87. The lowest BCUT2D eigenvalue weighted by atomic mass is 10.1. The lowest BCUT2D eigenvalue weighted by Gasteiger charge is -2.27. The molecule has 8 heteroatoms. The summed E-state index contributed by atoms with van der Waals surface area (Å²) in [7, 11) is -3.68. The molecule has 1 unspecified atom stereocenters. The second-order valence-corrected chi connectivity index (χ2v) is 9.62. The molecular weight excluding hydrogens is 412 g/mol. The summed E-state index contributed by atoms with van der Waals surface area (Å²) in [5.74, 6) is 0.0256. The number of hydrogen-bond acceptors (Lipinski definition) is 5. The van der Waals surface area contributed by atoms with Gasteiger partial charge in [0, 0.05) is 32.7 Å². The van der Waals surface area contributed by atoms with Crippen LogP contribution in [0.3, 0.4) is 0 Å². The number of carbonyl (C=O) groups is 1. The fourth-order valence-corrected chi connectivity index (χ4v) is 4.38. The van der Waals surface area contributed by atoms with Crippen molar-refractivity contribution in [2.24, 2.45) is 5.14 Å². The van der Waals surface area contributed by atoms with E-state index in [4.69, 9.17) is 5.14 Å². The number of amides is 1. The van der Waals surface area contributed by atoms with Gasteiger partial charge in [-0.05, 0) is 49.6 Å². The Balaban J connectivity index is 1.43. The molecule has 1 aliphatic rings. The summed E-state index contributed by atoms with van der Waals surface area (Å²) < 4.78 is 22.6. The van der Waals surface area contributed by atoms with Gasteiger partial charge >= 0.3 is 0 Å². The Morgan fingerprint density at radius 1 is 1.00 bits per heavy atom. The molecule has 1 amide bonds. The molecule has 0 radical (unpaired) electrons. The standard InChI is InChI=1S/C23H32N4O3S/c1-19(23(28)25-13-12-20-8-10-22(11-9-20)31(24,29)30)27-15-5-14-26(16-17-27)18-21-6-3-2-4-7-21/h2-4,6-11,19H,5,12-18H2,1H3,(H,25,28)(H2,24,29,30). The van der Waals surface area contributed by atoms with Crippen LogP contribution in [0.1, 0.15) is 24.5 Å². The molecule has 0 bridgehead atoms. The Morgan fingerprint density at radius 3 is 2.39 bits per heavy atom. The summed E-state index contributed by atoms with van der Waals surface area (Å²) in [5.41, 5.74) is 2.27. The van der Waals surface area contributed by atoms with Crippen LogP contribution < -0.4 is 10.5 Å². The van der Waals surface area contributed by atoms with E-state index in [1.54, 1.807) is 12.1 Å². The first kappa shape index (κ1) is 23.4. The summed E-state index contributed by atoms with van der Waals surface area (Å²) in [6, 6.07) is 16.7. The van der Waals surface area contributed by atoms with Crippen molar-refractivity contribution in [1.82, 2.24) is 15.1 Å². The molecule has 1 saturated heterocycles. The van der Waals surface area contributed by atoms with Crippen LogP contribution in [0.25, 0.3) is 0 Å². The van der Waals surface area contributed by atoms with Gasteiger partial charge < -0.3 is 5.32 Å². The normalized spacial score (nSPS) is 17.1. The van der Waals surface area contributed by atoms with Crippen LogP contribution in [0, 0.1) is 0 Å². The molecule has 7 nitrogen and oxygen atoms in total. The van der Waals surface area contributed by atoms with Crippen LogP contribution in [0.5, 0.6) is 0 Å². The van der Waals surface area contributed by atoms with E-state index < -0.39 is 10.0 Å². The minimum Gasteiger partial charge on any atom is -0.354 e. The third-order valence-electron chi connectivity index (χ3n) is 5.76. The second-order valence-electron chi connectivity index (χ2n) is 8.06. The van der Waals surface area contributed by atoms with Gasteiger partial charge in [-0.3, -0.25) is 14.6 Å². The second kappa shape index (κ2) is 10.9. The zero-order valence-electron chi connectivity index (χ0n) is 18.0. The van der Waals surface area contributed by atoms with Crippen molar-refractivity contribution in [2.45, 2.75) is 37.2 Å². The highest BCUT2D eigenvalue weighted by atomic mass is 32.2. The van der Waals surface area contributed by atoms with Crippen LogP contribution in [0.4, 0.5) is 0 Å². The maximum absolute atomic E-state index is 12.6. The monoisotopic (exact) mass is 444 g/mol. The van der Waals surface area contributed by atoms with Gasteiger partial charge in [0.2, 0.25) is 15.9 Å². The van der Waals surface area contributed by atoms with Gasteiger partial charge in [0.15, 0.2) is 0 Å². The molecule has 2 aromatic rings. The molecule has 1 aliphatic heterocycles. The van der Waals surface area contributed by atoms with Gasteiger partial charge in [-0.2, -0.15) is 0 Å². The van der Waals surface area contributed by atoms with Gasteiger partial charge in [0.25, 0.3) is 0 Å². The number of rotatable bonds is 8. The van der Waals surface area contributed by atoms with Crippen LogP contribution >= 0.6 is 0 Å². The smallest absolute Gasteiger partial charge is 0.238 e. The first-order valence-corrected chi connectivity index (χ1v) is 12.3. The van der Waals surface area contributed by atoms with Gasteiger partial charge in [0.05, 0.1) is 10.9 Å². The number of primary sulfonamides is 1. The lowest BCUT2D eigenvalue weighted by molar-refractivity contribution is -0.125. The Labute approximate surface area is 185 Å². The van der Waals surface area contributed by atoms with Crippen molar-refractivity contribution in [2.75, 3.05) is 32.7 Å². The SMILES string of the molecule is CC(C(=O)NCCc1ccc(S(N)(=O)=O)cc1)N1CCCN(Cc2ccccc2)CC1. The Morgan fingerprint density at radius 2 is 1.71 bits per heavy atom. The van der Waals surface area contributed by atoms with E-state index in [0.717, 1.165) is 44.7 Å². The minimum atomic E-state index is -3.68. The van der Waals surface area contributed by atoms with E-state index in [0.29, 0.717) is 13.0 Å². The number of nitrogens with two attached hydrogens (primary N) is 1. The highest BCUT2D eigenvalue weighted by molar-refractivity contribution is 7.89. The van der Waals surface area contributed by atoms with Gasteiger partial charge in [-0.25, -0.2) is 13.6 Å². The number of nitrogens with zero attached hydrogens (tertiary/aromatic N) is 2. The molecule has 0 spiro atoms. The van der Waals surface area contributed by atoms with Crippen molar-refractivity contribution >= 4 is 15.9 Å². The predicted molar refractivity (Wildman–Crippen MR) is 122 cm³/mol. The summed E-state index contributed by atoms with van der Waals surface area (Å²) in [6.45, 7) is 7.18. The van der Waals surface area contributed by atoms with E-state index >= 15 is 0 Å². The molecule has 3 rings (SSSR count). The van der Waals surface area contributed by atoms with Crippen molar-refractivity contribution in [1.29, 1.82) is 0 Å². The highest BCUT2D eigenvalue weighted by Crippen LogP contribution is 2.12. The van der Waals surface area contributed by atoms with Gasteiger partial charge in [0.1, 0.15) is 0 Å². The Bertz CT molecular complexity index is 949. The maximum Gasteiger partial charge on any atom is 0.238 e. The number of benzene rings is 2. The molecule has 1 heterocycles. The van der Waals surface area contributed by atoms with Crippen LogP contribution in [0.15, 0.2) is 59.5 Å². The summed E-state index contributed by atoms with van der Waals surface area (Å²) >= 11 is 0. The third kappa shape index (κ3) is 7.14. The van der Waals surface area contributed by atoms with Crippen LogP contribution in [-0.2, 0) is 27.8 Å². The quantitative estimate of drug-likeness (QED) is 0.645. The van der Waals surface area contributed by atoms with E-state index in [9.17, 15) is 13.2 Å². The third-order valence-corrected chi connectivity index (χ3v) is 6.69. The van der Waals surface area contributed by atoms with Crippen molar-refractivity contribution in [3.63, 3.8) is 0 Å². The van der Waals surface area contributed by atoms with E-state index in [-0.39, 0.29) is 16.8 Å². The average molecular weight is 445 g/mol. The summed E-state index contributed by atoms with van der Waals surface area (Å²) in [5, 5.41) is 8.12. The van der Waals surface area contributed by atoms with Crippen molar-refractivity contribution in [3.8, 4) is 0 Å². The topological polar surface area (TPSA) is 95.7 Å². The number of sulfonamides is 1. The van der Waals surface area contributed by atoms with Gasteiger partial charge in [-0.1, -0.05) is 42.5 Å². The molecule has 1 atom stereocenters. The molecular formula is C23H32N4O3S. The number of carbonyl (C=O) groups excluding carboxylic acids is 1. The fraction of sp³-hybridized carbons (Fsp3) is 0.435. The average Bonchev–Trinajstić information content (AvgIpc) is 2.99. The predicted octanol–water partition coefficient (Wildman–Crippen LogP) is 1.59. The summed E-state index contributed by atoms with van der Waals surface area (Å²) in [6.07, 6.45) is 1.68. The van der Waals surface area contributed by atoms with Crippen molar-refractivity contribution < 1.29 is 13.2 Å². The first-order chi connectivity index (χ1) is 14.8. The molecule has 1 fully saturated rings. The van der Waals surface area contributed by atoms with E-state index in [1.165, 1.54) is 17.7 Å². The highest BCUT2D eigenvalue weighted by Gasteiger charge is 2.23. The van der Waals surface area contributed by atoms with Crippen molar-refractivity contribution in [3.05, 3.63) is 65.7 Å².